The van der Waals surface area contributed by atoms with Gasteiger partial charge in [0.25, 0.3) is 0 Å². The Kier molecular flexibility index (Phi) is 7.93. The van der Waals surface area contributed by atoms with Gasteiger partial charge in [0, 0.05) is 23.8 Å². The molecule has 2 aromatic rings. The van der Waals surface area contributed by atoms with Crippen LogP contribution >= 0.6 is 11.6 Å². The van der Waals surface area contributed by atoms with Gasteiger partial charge in [-0.15, -0.1) is 0 Å². The smallest absolute Gasteiger partial charge is 0.239 e. The number of methoxy groups -OCH3 is 1. The van der Waals surface area contributed by atoms with Crippen LogP contribution in [0.15, 0.2) is 48.5 Å². The molecular formula is C24H30ClN3O3. The van der Waals surface area contributed by atoms with E-state index < -0.39 is 5.92 Å². The van der Waals surface area contributed by atoms with Gasteiger partial charge in [0.05, 0.1) is 13.2 Å². The molecule has 1 heterocycles. The molecule has 3 rings (SSSR count). The largest absolute Gasteiger partial charge is 0.497 e. The lowest BCUT2D eigenvalue weighted by Gasteiger charge is -2.30. The summed E-state index contributed by atoms with van der Waals surface area (Å²) < 4.78 is 5.37. The predicted octanol–water partition coefficient (Wildman–Crippen LogP) is 3.90. The molecule has 1 N–H and O–H groups in total. The van der Waals surface area contributed by atoms with Gasteiger partial charge in [0.15, 0.2) is 0 Å². The lowest BCUT2D eigenvalue weighted by molar-refractivity contribution is -0.132. The van der Waals surface area contributed by atoms with Crippen LogP contribution in [0.3, 0.4) is 0 Å². The molecule has 1 fully saturated rings. The van der Waals surface area contributed by atoms with E-state index in [1.165, 1.54) is 0 Å². The van der Waals surface area contributed by atoms with Crippen molar-refractivity contribution in [3.8, 4) is 5.75 Å². The van der Waals surface area contributed by atoms with E-state index in [4.69, 9.17) is 16.3 Å². The van der Waals surface area contributed by atoms with E-state index in [-0.39, 0.29) is 17.9 Å². The van der Waals surface area contributed by atoms with Crippen molar-refractivity contribution in [2.24, 2.45) is 5.92 Å². The number of halogens is 1. The first kappa shape index (κ1) is 23.1. The first-order valence-electron chi connectivity index (χ1n) is 10.7. The Labute approximate surface area is 189 Å². The van der Waals surface area contributed by atoms with Gasteiger partial charge in [-0.3, -0.25) is 14.5 Å². The summed E-state index contributed by atoms with van der Waals surface area (Å²) in [5.41, 5.74) is 1.84. The first-order valence-corrected chi connectivity index (χ1v) is 11.1. The monoisotopic (exact) mass is 443 g/mol. The zero-order chi connectivity index (χ0) is 22.4. The summed E-state index contributed by atoms with van der Waals surface area (Å²) in [5.74, 6) is -0.272. The number of likely N-dealkylation sites (N-methyl/N-ethyl adjacent to an activating group) is 1. The Morgan fingerprint density at radius 2 is 1.94 bits per heavy atom. The van der Waals surface area contributed by atoms with Crippen molar-refractivity contribution in [3.63, 3.8) is 0 Å². The molecule has 1 aliphatic heterocycles. The highest BCUT2D eigenvalue weighted by molar-refractivity contribution is 6.30. The number of hydrogen-bond donors (Lipinski definition) is 1. The number of carbonyl (C=O) groups is 2. The van der Waals surface area contributed by atoms with Gasteiger partial charge in [-0.2, -0.15) is 0 Å². The van der Waals surface area contributed by atoms with Crippen LogP contribution in [0.25, 0.3) is 0 Å². The summed E-state index contributed by atoms with van der Waals surface area (Å²) in [6.45, 7) is 6.85. The molecule has 0 radical (unpaired) electrons. The summed E-state index contributed by atoms with van der Waals surface area (Å²) in [4.78, 5) is 29.7. The third-order valence-electron chi connectivity index (χ3n) is 5.86. The highest BCUT2D eigenvalue weighted by Crippen LogP contribution is 2.27. The summed E-state index contributed by atoms with van der Waals surface area (Å²) >= 11 is 5.94. The lowest BCUT2D eigenvalue weighted by atomic mass is 10.0. The van der Waals surface area contributed by atoms with Crippen LogP contribution in [0.4, 0.5) is 5.69 Å². The molecule has 166 valence electrons. The minimum Gasteiger partial charge on any atom is -0.497 e. The molecule has 7 heteroatoms. The zero-order valence-corrected chi connectivity index (χ0v) is 19.1. The minimum atomic E-state index is -0.668. The molecule has 1 saturated heterocycles. The second-order valence-electron chi connectivity index (χ2n) is 7.57. The Hall–Kier alpha value is -2.57. The van der Waals surface area contributed by atoms with E-state index in [2.05, 4.69) is 24.1 Å². The molecule has 2 aromatic carbocycles. The molecule has 31 heavy (non-hydrogen) atoms. The van der Waals surface area contributed by atoms with Crippen molar-refractivity contribution < 1.29 is 14.3 Å². The molecule has 6 nitrogen and oxygen atoms in total. The van der Waals surface area contributed by atoms with Crippen LogP contribution in [0.2, 0.25) is 5.02 Å². The average Bonchev–Trinajstić information content (AvgIpc) is 3.18. The van der Waals surface area contributed by atoms with Crippen molar-refractivity contribution >= 4 is 29.1 Å². The van der Waals surface area contributed by atoms with Gasteiger partial charge in [0.1, 0.15) is 11.7 Å². The van der Waals surface area contributed by atoms with Crippen molar-refractivity contribution in [2.75, 3.05) is 38.2 Å². The zero-order valence-electron chi connectivity index (χ0n) is 18.3. The normalized spacial score (nSPS) is 17.1. The molecule has 0 bridgehead atoms. The van der Waals surface area contributed by atoms with E-state index in [0.29, 0.717) is 24.5 Å². The molecule has 2 unspecified atom stereocenters. The number of hydrogen-bond acceptors (Lipinski definition) is 4. The van der Waals surface area contributed by atoms with Gasteiger partial charge >= 0.3 is 0 Å². The molecule has 1 aliphatic rings. The van der Waals surface area contributed by atoms with Crippen LogP contribution in [-0.2, 0) is 9.59 Å². The second kappa shape index (κ2) is 10.6. The van der Waals surface area contributed by atoms with Crippen LogP contribution in [-0.4, -0.2) is 50.0 Å². The van der Waals surface area contributed by atoms with Crippen molar-refractivity contribution in [1.82, 2.24) is 10.2 Å². The molecule has 0 spiro atoms. The van der Waals surface area contributed by atoms with Gasteiger partial charge in [-0.05, 0) is 61.5 Å². The fraction of sp³-hybridized carbons (Fsp3) is 0.417. The number of anilines is 1. The summed E-state index contributed by atoms with van der Waals surface area (Å²) in [7, 11) is 1.64. The maximum atomic E-state index is 12.9. The predicted molar refractivity (Wildman–Crippen MR) is 124 cm³/mol. The molecular weight excluding hydrogens is 414 g/mol. The highest BCUT2D eigenvalue weighted by Gasteiger charge is 2.37. The van der Waals surface area contributed by atoms with Gasteiger partial charge in [-0.25, -0.2) is 0 Å². The summed E-state index contributed by atoms with van der Waals surface area (Å²) in [6.07, 6.45) is 0.502. The van der Waals surface area contributed by atoms with Gasteiger partial charge < -0.3 is 15.0 Å². The van der Waals surface area contributed by atoms with Crippen LogP contribution < -0.4 is 15.0 Å². The number of carbonyl (C=O) groups excluding carboxylic acids is 2. The van der Waals surface area contributed by atoms with Gasteiger partial charge in [-0.1, -0.05) is 37.6 Å². The van der Waals surface area contributed by atoms with E-state index in [1.807, 2.05) is 24.3 Å². The van der Waals surface area contributed by atoms with Crippen LogP contribution in [0.5, 0.6) is 5.75 Å². The topological polar surface area (TPSA) is 61.9 Å². The lowest BCUT2D eigenvalue weighted by Crippen LogP contribution is -2.42. The van der Waals surface area contributed by atoms with Crippen molar-refractivity contribution in [1.29, 1.82) is 0 Å². The van der Waals surface area contributed by atoms with Crippen molar-refractivity contribution in [3.05, 3.63) is 59.1 Å². The number of rotatable bonds is 9. The van der Waals surface area contributed by atoms with E-state index in [0.717, 1.165) is 30.1 Å². The average molecular weight is 444 g/mol. The third-order valence-corrected chi connectivity index (χ3v) is 6.11. The van der Waals surface area contributed by atoms with Gasteiger partial charge in [0.2, 0.25) is 11.8 Å². The number of benzene rings is 2. The standard InChI is InChI=1S/C24H30ClN3O3/c1-4-27(5-2)22(17-7-6-8-20(15-17)31-3)16-26-23(29)21-13-14-28(24(21)30)19-11-9-18(25)10-12-19/h6-12,15,21-22H,4-5,13-14,16H2,1-3H3,(H,26,29). The number of nitrogens with zero attached hydrogens (tertiary/aromatic N) is 2. The SMILES string of the molecule is CCN(CC)C(CNC(=O)C1CCN(c2ccc(Cl)cc2)C1=O)c1cccc(OC)c1. The number of nitrogens with one attached hydrogen (secondary N) is 1. The second-order valence-corrected chi connectivity index (χ2v) is 8.00. The Morgan fingerprint density at radius 1 is 1.23 bits per heavy atom. The Bertz CT molecular complexity index is 899. The Balaban J connectivity index is 1.69. The number of ether oxygens (including phenoxy) is 1. The molecule has 0 aromatic heterocycles. The summed E-state index contributed by atoms with van der Waals surface area (Å²) in [5, 5.41) is 3.65. The minimum absolute atomic E-state index is 0.00192. The van der Waals surface area contributed by atoms with Crippen LogP contribution in [0, 0.1) is 5.92 Å². The molecule has 0 saturated carbocycles. The van der Waals surface area contributed by atoms with E-state index in [1.54, 1.807) is 36.3 Å². The quantitative estimate of drug-likeness (QED) is 0.597. The Morgan fingerprint density at radius 3 is 2.58 bits per heavy atom. The van der Waals surface area contributed by atoms with E-state index in [9.17, 15) is 9.59 Å². The maximum absolute atomic E-state index is 12.9. The third kappa shape index (κ3) is 5.38. The first-order chi connectivity index (χ1) is 15.0. The van der Waals surface area contributed by atoms with Crippen LogP contribution in [0.1, 0.15) is 31.9 Å². The molecule has 2 atom stereocenters. The number of amides is 2. The fourth-order valence-corrected chi connectivity index (χ4v) is 4.22. The highest BCUT2D eigenvalue weighted by atomic mass is 35.5. The van der Waals surface area contributed by atoms with E-state index >= 15 is 0 Å². The molecule has 2 amide bonds. The maximum Gasteiger partial charge on any atom is 0.239 e. The molecule has 0 aliphatic carbocycles. The summed E-state index contributed by atoms with van der Waals surface area (Å²) in [6, 6.07) is 15.0. The van der Waals surface area contributed by atoms with Crippen molar-refractivity contribution in [2.45, 2.75) is 26.3 Å². The fourth-order valence-electron chi connectivity index (χ4n) is 4.09.